The number of carbonyl (C=O) groups is 4. The van der Waals surface area contributed by atoms with Crippen LogP contribution >= 0.6 is 0 Å². The Morgan fingerprint density at radius 3 is 2.37 bits per heavy atom. The third-order valence-corrected chi connectivity index (χ3v) is 8.39. The Kier molecular flexibility index (Phi) is 12.6. The first-order valence-corrected chi connectivity index (χ1v) is 16.5. The summed E-state index contributed by atoms with van der Waals surface area (Å²) in [6.45, 7) is 0.101. The molecule has 0 aliphatic carbocycles. The third kappa shape index (κ3) is 10.3. The summed E-state index contributed by atoms with van der Waals surface area (Å²) in [6.07, 6.45) is 5.10. The maximum atomic E-state index is 13.8. The first kappa shape index (κ1) is 34.9. The smallest absolute Gasteiger partial charge is 0.408 e. The molecule has 1 aliphatic rings. The Balaban J connectivity index is 1.33. The quantitative estimate of drug-likeness (QED) is 0.137. The molecular weight excluding hydrogens is 624 g/mol. The van der Waals surface area contributed by atoms with Crippen LogP contribution in [0.25, 0.3) is 10.9 Å². The third-order valence-electron chi connectivity index (χ3n) is 8.39. The van der Waals surface area contributed by atoms with Gasteiger partial charge in [-0.05, 0) is 42.0 Å². The molecule has 3 atom stereocenters. The van der Waals surface area contributed by atoms with E-state index in [2.05, 4.69) is 15.6 Å². The molecule has 3 aromatic carbocycles. The number of para-hydroxylation sites is 1. The Labute approximate surface area is 285 Å². The molecule has 0 fully saturated rings. The number of nitrogens with one attached hydrogen (secondary N) is 3. The van der Waals surface area contributed by atoms with Crippen molar-refractivity contribution in [1.82, 2.24) is 20.5 Å². The fourth-order valence-corrected chi connectivity index (χ4v) is 5.77. The number of aliphatic hydroxyl groups is 1. The lowest BCUT2D eigenvalue weighted by atomic mass is 9.96. The second kappa shape index (κ2) is 17.7. The number of cyclic esters (lactones) is 1. The summed E-state index contributed by atoms with van der Waals surface area (Å²) in [5, 5.41) is 16.3. The minimum Gasteiger partial charge on any atom is -0.462 e. The van der Waals surface area contributed by atoms with Crippen molar-refractivity contribution in [2.75, 3.05) is 19.8 Å². The monoisotopic (exact) mass is 666 g/mol. The van der Waals surface area contributed by atoms with E-state index in [-0.39, 0.29) is 57.4 Å². The summed E-state index contributed by atoms with van der Waals surface area (Å²) in [5.41, 5.74) is 3.57. The second-order valence-electron chi connectivity index (χ2n) is 12.0. The fraction of sp³-hybridized carbons (Fsp3) is 0.316. The average molecular weight is 667 g/mol. The molecule has 11 heteroatoms. The van der Waals surface area contributed by atoms with Gasteiger partial charge in [0.15, 0.2) is 0 Å². The molecule has 4 aromatic rings. The molecule has 0 radical (unpaired) electrons. The molecular formula is C38H42N4O7. The zero-order chi connectivity index (χ0) is 34.4. The average Bonchev–Trinajstić information content (AvgIpc) is 3.53. The topological polar surface area (TPSA) is 150 Å². The number of H-pyrrole nitrogens is 1. The van der Waals surface area contributed by atoms with E-state index in [1.54, 1.807) is 17.1 Å². The van der Waals surface area contributed by atoms with E-state index in [4.69, 9.17) is 9.47 Å². The molecule has 2 heterocycles. The van der Waals surface area contributed by atoms with Crippen LogP contribution in [0.4, 0.5) is 4.79 Å². The highest BCUT2D eigenvalue weighted by molar-refractivity contribution is 5.87. The van der Waals surface area contributed by atoms with E-state index in [1.807, 2.05) is 91.1 Å². The summed E-state index contributed by atoms with van der Waals surface area (Å²) >= 11 is 0. The molecule has 5 rings (SSSR count). The number of rotatable bonds is 11. The number of aromatic amines is 1. The van der Waals surface area contributed by atoms with Crippen molar-refractivity contribution in [2.24, 2.45) is 5.92 Å². The van der Waals surface area contributed by atoms with Gasteiger partial charge < -0.3 is 35.1 Å². The number of hydrogen-bond acceptors (Lipinski definition) is 7. The summed E-state index contributed by atoms with van der Waals surface area (Å²) in [4.78, 5) is 58.1. The van der Waals surface area contributed by atoms with Gasteiger partial charge in [-0.3, -0.25) is 9.59 Å². The highest BCUT2D eigenvalue weighted by Gasteiger charge is 2.29. The molecule has 0 spiro atoms. The van der Waals surface area contributed by atoms with E-state index >= 15 is 0 Å². The van der Waals surface area contributed by atoms with E-state index in [9.17, 15) is 24.3 Å². The molecule has 0 saturated carbocycles. The lowest BCUT2D eigenvalue weighted by Gasteiger charge is -2.26. The minimum atomic E-state index is -1.03. The van der Waals surface area contributed by atoms with Gasteiger partial charge in [0.2, 0.25) is 11.8 Å². The summed E-state index contributed by atoms with van der Waals surface area (Å²) in [6, 6.07) is 24.8. The van der Waals surface area contributed by atoms with Crippen LogP contribution in [0.5, 0.6) is 0 Å². The minimum absolute atomic E-state index is 0.0380. The van der Waals surface area contributed by atoms with Crippen LogP contribution in [-0.2, 0) is 43.4 Å². The van der Waals surface area contributed by atoms with Crippen LogP contribution < -0.4 is 10.6 Å². The van der Waals surface area contributed by atoms with E-state index in [0.717, 1.165) is 27.6 Å². The largest absolute Gasteiger partial charge is 0.462 e. The number of amides is 3. The van der Waals surface area contributed by atoms with Crippen LogP contribution in [0.2, 0.25) is 0 Å². The standard InChI is InChI=1S/C38H42N4O7/c43-20-19-42(24-27-11-3-1-4-12-27)35(44)22-29-15-7-9-18-34(41-38(47)49-25-28-13-5-2-6-14-28)37(46)48-26-31(40-36(29)45)21-30-23-39-33-17-10-8-16-32(30)33/h1-14,16-17,23,29,31,34,39,43H,15,18-22,24-26H2,(H,40,45)(H,41,47). The van der Waals surface area contributed by atoms with Crippen molar-refractivity contribution < 1.29 is 33.8 Å². The van der Waals surface area contributed by atoms with Crippen molar-refractivity contribution in [3.8, 4) is 0 Å². The maximum absolute atomic E-state index is 13.8. The van der Waals surface area contributed by atoms with Crippen LogP contribution in [0.1, 0.15) is 36.0 Å². The highest BCUT2D eigenvalue weighted by atomic mass is 16.6. The molecule has 256 valence electrons. The van der Waals surface area contributed by atoms with E-state index in [0.29, 0.717) is 13.0 Å². The highest BCUT2D eigenvalue weighted by Crippen LogP contribution is 2.21. The molecule has 11 nitrogen and oxygen atoms in total. The zero-order valence-electron chi connectivity index (χ0n) is 27.3. The number of benzene rings is 3. The van der Waals surface area contributed by atoms with Gasteiger partial charge >= 0.3 is 12.1 Å². The molecule has 4 N–H and O–H groups in total. The Hall–Kier alpha value is -5.42. The normalized spacial score (nSPS) is 18.4. The number of alkyl carbamates (subject to hydrolysis) is 1. The van der Waals surface area contributed by atoms with E-state index < -0.39 is 30.1 Å². The van der Waals surface area contributed by atoms with Crippen molar-refractivity contribution in [3.05, 3.63) is 120 Å². The van der Waals surface area contributed by atoms with Crippen molar-refractivity contribution >= 4 is 34.8 Å². The lowest BCUT2D eigenvalue weighted by Crippen LogP contribution is -2.47. The maximum Gasteiger partial charge on any atom is 0.408 e. The van der Waals surface area contributed by atoms with Gasteiger partial charge in [-0.25, -0.2) is 9.59 Å². The number of nitrogens with zero attached hydrogens (tertiary/aromatic N) is 1. The number of ether oxygens (including phenoxy) is 2. The van der Waals surface area contributed by atoms with Crippen LogP contribution in [0.15, 0.2) is 103 Å². The number of hydrogen-bond donors (Lipinski definition) is 4. The SMILES string of the molecule is O=C(NC1CC=CCC(CC(=O)N(CCO)Cc2ccccc2)C(=O)NC(Cc2c[nH]c3ccccc23)COC1=O)OCc1ccccc1. The van der Waals surface area contributed by atoms with Crippen molar-refractivity contribution in [2.45, 2.75) is 50.9 Å². The van der Waals surface area contributed by atoms with Crippen LogP contribution in [-0.4, -0.2) is 70.7 Å². The second-order valence-corrected chi connectivity index (χ2v) is 12.0. The van der Waals surface area contributed by atoms with Gasteiger partial charge in [0.25, 0.3) is 0 Å². The van der Waals surface area contributed by atoms with Crippen molar-refractivity contribution in [1.29, 1.82) is 0 Å². The van der Waals surface area contributed by atoms with Gasteiger partial charge in [0.1, 0.15) is 19.3 Å². The molecule has 3 unspecified atom stereocenters. The van der Waals surface area contributed by atoms with E-state index in [1.165, 1.54) is 0 Å². The van der Waals surface area contributed by atoms with Gasteiger partial charge in [0.05, 0.1) is 18.6 Å². The predicted octanol–water partition coefficient (Wildman–Crippen LogP) is 4.41. The number of esters is 1. The van der Waals surface area contributed by atoms with Crippen molar-refractivity contribution in [3.63, 3.8) is 0 Å². The number of aromatic nitrogens is 1. The van der Waals surface area contributed by atoms with Crippen LogP contribution in [0.3, 0.4) is 0 Å². The molecule has 0 bridgehead atoms. The Bertz CT molecular complexity index is 1720. The molecule has 0 saturated heterocycles. The summed E-state index contributed by atoms with van der Waals surface area (Å²) < 4.78 is 11.0. The number of fused-ring (bicyclic) bond motifs is 1. The first-order chi connectivity index (χ1) is 23.9. The van der Waals surface area contributed by atoms with Gasteiger partial charge in [-0.15, -0.1) is 0 Å². The summed E-state index contributed by atoms with van der Waals surface area (Å²) in [7, 11) is 0. The Morgan fingerprint density at radius 2 is 1.61 bits per heavy atom. The molecule has 3 amide bonds. The first-order valence-electron chi connectivity index (χ1n) is 16.5. The van der Waals surface area contributed by atoms with Gasteiger partial charge in [-0.1, -0.05) is 91.0 Å². The zero-order valence-corrected chi connectivity index (χ0v) is 27.3. The lowest BCUT2D eigenvalue weighted by molar-refractivity contribution is -0.147. The van der Waals surface area contributed by atoms with Crippen LogP contribution in [0, 0.1) is 5.92 Å². The summed E-state index contributed by atoms with van der Waals surface area (Å²) in [5.74, 6) is -2.00. The molecule has 1 aromatic heterocycles. The number of allylic oxidation sites excluding steroid dienone is 1. The molecule has 1 aliphatic heterocycles. The fourth-order valence-electron chi connectivity index (χ4n) is 5.77. The predicted molar refractivity (Wildman–Crippen MR) is 184 cm³/mol. The van der Waals surface area contributed by atoms with Gasteiger partial charge in [0, 0.05) is 36.6 Å². The Morgan fingerprint density at radius 1 is 0.918 bits per heavy atom. The number of aliphatic hydroxyl groups excluding tert-OH is 1. The molecule has 49 heavy (non-hydrogen) atoms. The number of carbonyl (C=O) groups excluding carboxylic acids is 4. The van der Waals surface area contributed by atoms with Gasteiger partial charge in [-0.2, -0.15) is 0 Å².